The van der Waals surface area contributed by atoms with Crippen molar-refractivity contribution in [2.24, 2.45) is 0 Å². The molecule has 1 aliphatic rings. The zero-order valence-corrected chi connectivity index (χ0v) is 14.2. The summed E-state index contributed by atoms with van der Waals surface area (Å²) in [7, 11) is 0. The van der Waals surface area contributed by atoms with Crippen LogP contribution in [0.15, 0.2) is 18.6 Å². The number of carbonyl (C=O) groups excluding carboxylic acids is 1. The fourth-order valence-corrected chi connectivity index (χ4v) is 3.20. The Bertz CT molecular complexity index is 690. The number of piperidine rings is 1. The summed E-state index contributed by atoms with van der Waals surface area (Å²) in [5.74, 6) is 0.362. The summed E-state index contributed by atoms with van der Waals surface area (Å²) in [6.45, 7) is 7.04. The van der Waals surface area contributed by atoms with E-state index in [2.05, 4.69) is 37.3 Å². The molecule has 0 saturated carbocycles. The lowest BCUT2D eigenvalue weighted by atomic mass is 9.91. The van der Waals surface area contributed by atoms with E-state index in [4.69, 9.17) is 0 Å². The van der Waals surface area contributed by atoms with Crippen LogP contribution in [0.2, 0.25) is 0 Å². The first kappa shape index (κ1) is 16.6. The molecule has 0 radical (unpaired) electrons. The number of aromatic nitrogens is 4. The van der Waals surface area contributed by atoms with Gasteiger partial charge < -0.3 is 5.32 Å². The van der Waals surface area contributed by atoms with Crippen molar-refractivity contribution in [3.05, 3.63) is 41.2 Å². The van der Waals surface area contributed by atoms with Gasteiger partial charge in [-0.15, -0.1) is 0 Å². The molecule has 24 heavy (non-hydrogen) atoms. The predicted molar refractivity (Wildman–Crippen MR) is 90.1 cm³/mol. The molecule has 0 aliphatic carbocycles. The lowest BCUT2D eigenvalue weighted by molar-refractivity contribution is -0.119. The van der Waals surface area contributed by atoms with Gasteiger partial charge in [0, 0.05) is 43.0 Å². The van der Waals surface area contributed by atoms with Crippen LogP contribution in [-0.4, -0.2) is 44.1 Å². The van der Waals surface area contributed by atoms with Gasteiger partial charge in [0.15, 0.2) is 0 Å². The summed E-state index contributed by atoms with van der Waals surface area (Å²) in [5, 5.41) is 9.91. The standard InChI is InChI=1S/C17H24N6O/c1-12-15(9-21-22-12)11-23-7-3-14(4-8-23)17-16(10-20-13(2)24)18-5-6-19-17/h5-6,9,14H,3-4,7-8,10-11H2,1-2H3,(H,20,24)(H,21,22). The summed E-state index contributed by atoms with van der Waals surface area (Å²) in [4.78, 5) is 22.6. The lowest BCUT2D eigenvalue weighted by Gasteiger charge is -2.32. The quantitative estimate of drug-likeness (QED) is 0.869. The topological polar surface area (TPSA) is 86.8 Å². The van der Waals surface area contributed by atoms with E-state index in [0.717, 1.165) is 49.6 Å². The molecule has 0 unspecified atom stereocenters. The van der Waals surface area contributed by atoms with Gasteiger partial charge in [-0.05, 0) is 32.9 Å². The number of nitrogens with zero attached hydrogens (tertiary/aromatic N) is 4. The molecule has 7 nitrogen and oxygen atoms in total. The van der Waals surface area contributed by atoms with Crippen molar-refractivity contribution >= 4 is 5.91 Å². The third-order valence-electron chi connectivity index (χ3n) is 4.61. The van der Waals surface area contributed by atoms with Gasteiger partial charge in [-0.25, -0.2) is 0 Å². The van der Waals surface area contributed by atoms with Crippen molar-refractivity contribution in [3.8, 4) is 0 Å². The van der Waals surface area contributed by atoms with Crippen LogP contribution in [0.1, 0.15) is 48.3 Å². The zero-order chi connectivity index (χ0) is 16.9. The highest BCUT2D eigenvalue weighted by atomic mass is 16.1. The van der Waals surface area contributed by atoms with Crippen LogP contribution in [0, 0.1) is 6.92 Å². The Morgan fingerprint density at radius 3 is 2.75 bits per heavy atom. The van der Waals surface area contributed by atoms with Crippen LogP contribution in [0.3, 0.4) is 0 Å². The Balaban J connectivity index is 1.60. The smallest absolute Gasteiger partial charge is 0.217 e. The van der Waals surface area contributed by atoms with E-state index in [0.29, 0.717) is 12.5 Å². The van der Waals surface area contributed by atoms with Crippen LogP contribution in [0.5, 0.6) is 0 Å². The molecule has 3 heterocycles. The van der Waals surface area contributed by atoms with E-state index in [-0.39, 0.29) is 5.91 Å². The van der Waals surface area contributed by atoms with Crippen molar-refractivity contribution < 1.29 is 4.79 Å². The number of amides is 1. The maximum absolute atomic E-state index is 11.2. The number of aromatic amines is 1. The van der Waals surface area contributed by atoms with E-state index >= 15 is 0 Å². The summed E-state index contributed by atoms with van der Waals surface area (Å²) in [6.07, 6.45) is 7.46. The number of carbonyl (C=O) groups is 1. The highest BCUT2D eigenvalue weighted by Crippen LogP contribution is 2.29. The molecule has 0 spiro atoms. The van der Waals surface area contributed by atoms with Gasteiger partial charge in [0.1, 0.15) is 0 Å². The molecule has 1 amide bonds. The number of hydrogen-bond donors (Lipinski definition) is 2. The molecule has 1 aliphatic heterocycles. The summed E-state index contributed by atoms with van der Waals surface area (Å²) < 4.78 is 0. The second-order valence-electron chi connectivity index (χ2n) is 6.37. The van der Waals surface area contributed by atoms with Gasteiger partial charge in [-0.3, -0.25) is 24.8 Å². The van der Waals surface area contributed by atoms with E-state index in [1.807, 2.05) is 6.20 Å². The van der Waals surface area contributed by atoms with E-state index in [9.17, 15) is 4.79 Å². The fourth-order valence-electron chi connectivity index (χ4n) is 3.20. The van der Waals surface area contributed by atoms with Gasteiger partial charge in [0.2, 0.25) is 5.91 Å². The Hall–Kier alpha value is -2.28. The van der Waals surface area contributed by atoms with Crippen LogP contribution < -0.4 is 5.32 Å². The highest BCUT2D eigenvalue weighted by molar-refractivity contribution is 5.72. The van der Waals surface area contributed by atoms with Gasteiger partial charge in [-0.1, -0.05) is 0 Å². The molecule has 128 valence electrons. The molecule has 1 fully saturated rings. The van der Waals surface area contributed by atoms with Crippen LogP contribution in [0.25, 0.3) is 0 Å². The predicted octanol–water partition coefficient (Wildman–Crippen LogP) is 1.52. The van der Waals surface area contributed by atoms with Gasteiger partial charge in [0.05, 0.1) is 24.1 Å². The Kier molecular flexibility index (Phi) is 5.20. The summed E-state index contributed by atoms with van der Waals surface area (Å²) in [5.41, 5.74) is 4.32. The third-order valence-corrected chi connectivity index (χ3v) is 4.61. The highest BCUT2D eigenvalue weighted by Gasteiger charge is 2.24. The maximum Gasteiger partial charge on any atom is 0.217 e. The lowest BCUT2D eigenvalue weighted by Crippen LogP contribution is -2.33. The molecule has 0 atom stereocenters. The van der Waals surface area contributed by atoms with Gasteiger partial charge >= 0.3 is 0 Å². The molecule has 2 aromatic rings. The first-order valence-electron chi connectivity index (χ1n) is 8.39. The van der Waals surface area contributed by atoms with Crippen LogP contribution in [0.4, 0.5) is 0 Å². The Morgan fingerprint density at radius 2 is 2.08 bits per heavy atom. The average Bonchev–Trinajstić information content (AvgIpc) is 2.99. The normalized spacial score (nSPS) is 16.2. The first-order valence-corrected chi connectivity index (χ1v) is 8.39. The van der Waals surface area contributed by atoms with Crippen molar-refractivity contribution in [3.63, 3.8) is 0 Å². The fraction of sp³-hybridized carbons (Fsp3) is 0.529. The molecule has 7 heteroatoms. The number of hydrogen-bond acceptors (Lipinski definition) is 5. The minimum atomic E-state index is -0.0445. The molecular formula is C17H24N6O. The van der Waals surface area contributed by atoms with E-state index < -0.39 is 0 Å². The number of likely N-dealkylation sites (tertiary alicyclic amines) is 1. The second kappa shape index (κ2) is 7.53. The minimum Gasteiger partial charge on any atom is -0.351 e. The van der Waals surface area contributed by atoms with Crippen molar-refractivity contribution in [2.75, 3.05) is 13.1 Å². The van der Waals surface area contributed by atoms with E-state index in [1.54, 1.807) is 12.4 Å². The average molecular weight is 328 g/mol. The zero-order valence-electron chi connectivity index (χ0n) is 14.2. The van der Waals surface area contributed by atoms with Gasteiger partial charge in [0.25, 0.3) is 0 Å². The van der Waals surface area contributed by atoms with Crippen LogP contribution in [-0.2, 0) is 17.9 Å². The van der Waals surface area contributed by atoms with Crippen LogP contribution >= 0.6 is 0 Å². The van der Waals surface area contributed by atoms with Crippen molar-refractivity contribution in [1.29, 1.82) is 0 Å². The molecule has 0 aromatic carbocycles. The maximum atomic E-state index is 11.2. The first-order chi connectivity index (χ1) is 11.6. The second-order valence-corrected chi connectivity index (χ2v) is 6.37. The number of aryl methyl sites for hydroxylation is 1. The van der Waals surface area contributed by atoms with Gasteiger partial charge in [-0.2, -0.15) is 5.10 Å². The number of rotatable bonds is 5. The molecule has 3 rings (SSSR count). The number of nitrogens with one attached hydrogen (secondary N) is 2. The molecule has 2 aromatic heterocycles. The molecular weight excluding hydrogens is 304 g/mol. The number of H-pyrrole nitrogens is 1. The SMILES string of the molecule is CC(=O)NCc1nccnc1C1CCN(Cc2cn[nH]c2C)CC1. The summed E-state index contributed by atoms with van der Waals surface area (Å²) >= 11 is 0. The molecule has 0 bridgehead atoms. The Morgan fingerprint density at radius 1 is 1.33 bits per heavy atom. The summed E-state index contributed by atoms with van der Waals surface area (Å²) in [6, 6.07) is 0. The monoisotopic (exact) mass is 328 g/mol. The van der Waals surface area contributed by atoms with E-state index in [1.165, 1.54) is 12.5 Å². The van der Waals surface area contributed by atoms with Crippen molar-refractivity contribution in [1.82, 2.24) is 30.4 Å². The Labute approximate surface area is 141 Å². The largest absolute Gasteiger partial charge is 0.351 e. The molecule has 1 saturated heterocycles. The molecule has 2 N–H and O–H groups in total. The minimum absolute atomic E-state index is 0.0445. The van der Waals surface area contributed by atoms with Crippen molar-refractivity contribution in [2.45, 2.75) is 45.7 Å². The third kappa shape index (κ3) is 3.97.